The van der Waals surface area contributed by atoms with Gasteiger partial charge in [0.1, 0.15) is 17.5 Å². The van der Waals surface area contributed by atoms with Crippen molar-refractivity contribution in [2.75, 3.05) is 31.2 Å². The first-order valence-electron chi connectivity index (χ1n) is 11.1. The van der Waals surface area contributed by atoms with E-state index in [1.807, 2.05) is 11.0 Å². The number of hydrogen-bond donors (Lipinski definition) is 2. The number of nitrogens with zero attached hydrogens (tertiary/aromatic N) is 2. The van der Waals surface area contributed by atoms with E-state index in [9.17, 15) is 18.0 Å². The van der Waals surface area contributed by atoms with Crippen molar-refractivity contribution < 1.29 is 27.5 Å². The third-order valence-corrected chi connectivity index (χ3v) is 6.82. The molecule has 0 spiro atoms. The topological polar surface area (TPSA) is 127 Å². The number of methoxy groups -OCH3 is 1. The van der Waals surface area contributed by atoms with Crippen LogP contribution in [0.4, 0.5) is 5.69 Å². The molecule has 0 unspecified atom stereocenters. The molecule has 1 aliphatic carbocycles. The fraction of sp³-hybridized carbons (Fsp3) is 0.435. The second-order valence-electron chi connectivity index (χ2n) is 8.92. The van der Waals surface area contributed by atoms with E-state index in [0.717, 1.165) is 31.1 Å². The Labute approximate surface area is 197 Å². The van der Waals surface area contributed by atoms with Gasteiger partial charge in [-0.1, -0.05) is 0 Å². The Kier molecular flexibility index (Phi) is 5.59. The van der Waals surface area contributed by atoms with Crippen molar-refractivity contribution in [3.63, 3.8) is 0 Å². The molecule has 1 aromatic heterocycles. The first kappa shape index (κ1) is 22.5. The van der Waals surface area contributed by atoms with Crippen molar-refractivity contribution in [3.8, 4) is 22.8 Å². The summed E-state index contributed by atoms with van der Waals surface area (Å²) < 4.78 is 37.5. The van der Waals surface area contributed by atoms with Crippen LogP contribution in [0.15, 0.2) is 24.4 Å². The normalized spacial score (nSPS) is 19.5. The molecule has 2 aromatic rings. The zero-order valence-electron chi connectivity index (χ0n) is 19.0. The minimum absolute atomic E-state index is 0.138. The van der Waals surface area contributed by atoms with Crippen LogP contribution in [-0.2, 0) is 21.4 Å². The van der Waals surface area contributed by atoms with Crippen molar-refractivity contribution in [1.29, 1.82) is 0 Å². The quantitative estimate of drug-likeness (QED) is 0.611. The maximum Gasteiger partial charge on any atom is 0.252 e. The molecule has 2 aliphatic heterocycles. The Balaban J connectivity index is 1.46. The molecule has 1 saturated heterocycles. The molecule has 1 atom stereocenters. The Morgan fingerprint density at radius 1 is 1.21 bits per heavy atom. The number of fused-ring (bicyclic) bond motifs is 1. The zero-order valence-corrected chi connectivity index (χ0v) is 19.8. The molecule has 3 aliphatic rings. The lowest BCUT2D eigenvalue weighted by atomic mass is 9.97. The summed E-state index contributed by atoms with van der Waals surface area (Å²) in [6.07, 6.45) is 5.12. The van der Waals surface area contributed by atoms with Crippen LogP contribution in [0.2, 0.25) is 0 Å². The van der Waals surface area contributed by atoms with E-state index in [2.05, 4.69) is 15.0 Å². The van der Waals surface area contributed by atoms with Crippen molar-refractivity contribution in [2.24, 2.45) is 5.92 Å². The van der Waals surface area contributed by atoms with E-state index < -0.39 is 10.0 Å². The number of aromatic nitrogens is 1. The van der Waals surface area contributed by atoms with E-state index in [-0.39, 0.29) is 35.4 Å². The van der Waals surface area contributed by atoms with Gasteiger partial charge in [0.25, 0.3) is 5.91 Å². The van der Waals surface area contributed by atoms with Crippen LogP contribution in [-0.4, -0.2) is 62.7 Å². The van der Waals surface area contributed by atoms with Crippen molar-refractivity contribution >= 4 is 27.5 Å². The monoisotopic (exact) mass is 486 g/mol. The molecule has 1 aromatic carbocycles. The summed E-state index contributed by atoms with van der Waals surface area (Å²) in [5.74, 6) is 0.833. The number of anilines is 1. The van der Waals surface area contributed by atoms with Crippen molar-refractivity contribution in [2.45, 2.75) is 31.9 Å². The highest BCUT2D eigenvalue weighted by molar-refractivity contribution is 7.92. The van der Waals surface area contributed by atoms with Gasteiger partial charge in [-0.2, -0.15) is 0 Å². The van der Waals surface area contributed by atoms with E-state index in [0.29, 0.717) is 42.1 Å². The van der Waals surface area contributed by atoms with Gasteiger partial charge in [-0.05, 0) is 42.2 Å². The largest absolute Gasteiger partial charge is 0.488 e. The summed E-state index contributed by atoms with van der Waals surface area (Å²) >= 11 is 0. The van der Waals surface area contributed by atoms with Gasteiger partial charge < -0.3 is 19.7 Å². The van der Waals surface area contributed by atoms with Gasteiger partial charge >= 0.3 is 0 Å². The number of ether oxygens (including phenoxy) is 2. The number of rotatable bonds is 7. The van der Waals surface area contributed by atoms with Gasteiger partial charge in [-0.15, -0.1) is 0 Å². The van der Waals surface area contributed by atoms with Crippen LogP contribution >= 0.6 is 0 Å². The number of nitrogens with one attached hydrogen (secondary N) is 2. The summed E-state index contributed by atoms with van der Waals surface area (Å²) in [6.45, 7) is 1.54. The number of benzene rings is 1. The van der Waals surface area contributed by atoms with E-state index in [1.165, 1.54) is 7.11 Å². The number of carbonyl (C=O) groups excluding carboxylic acids is 2. The second-order valence-corrected chi connectivity index (χ2v) is 10.7. The summed E-state index contributed by atoms with van der Waals surface area (Å²) in [4.78, 5) is 31.0. The Bertz CT molecular complexity index is 1270. The molecule has 180 valence electrons. The molecule has 34 heavy (non-hydrogen) atoms. The molecule has 3 heterocycles. The standard InChI is InChI=1S/C23H26N4O6S/c1-32-22-20(26-34(2,30)31)7-14(10-25-22)17-8-16(9-18-19(17)11-24-21(18)28)33-15-5-6-27(12-15)23(29)13-3-4-13/h7-10,13,15,26H,3-6,11-12H2,1-2H3,(H,24,28)/t15-/m1/s1. The molecular formula is C23H26N4O6S. The maximum absolute atomic E-state index is 12.5. The minimum Gasteiger partial charge on any atom is -0.488 e. The molecule has 0 radical (unpaired) electrons. The van der Waals surface area contributed by atoms with Gasteiger partial charge in [0, 0.05) is 42.8 Å². The average Bonchev–Trinajstić information content (AvgIpc) is 3.43. The number of amides is 2. The van der Waals surface area contributed by atoms with Gasteiger partial charge in [-0.3, -0.25) is 14.3 Å². The predicted octanol–water partition coefficient (Wildman–Crippen LogP) is 1.76. The molecule has 2 fully saturated rings. The second kappa shape index (κ2) is 8.46. The van der Waals surface area contributed by atoms with Crippen LogP contribution < -0.4 is 19.5 Å². The van der Waals surface area contributed by atoms with Crippen LogP contribution in [0.1, 0.15) is 35.2 Å². The highest BCUT2D eigenvalue weighted by Crippen LogP contribution is 2.37. The lowest BCUT2D eigenvalue weighted by Gasteiger charge is -2.18. The summed E-state index contributed by atoms with van der Waals surface area (Å²) in [6, 6.07) is 5.18. The first-order valence-corrected chi connectivity index (χ1v) is 13.0. The Morgan fingerprint density at radius 3 is 2.68 bits per heavy atom. The molecule has 5 rings (SSSR count). The first-order chi connectivity index (χ1) is 16.2. The fourth-order valence-electron chi connectivity index (χ4n) is 4.47. The number of hydrogen-bond acceptors (Lipinski definition) is 7. The minimum atomic E-state index is -3.56. The molecule has 1 saturated carbocycles. The Hall–Kier alpha value is -3.34. The number of likely N-dealkylation sites (tertiary alicyclic amines) is 1. The third-order valence-electron chi connectivity index (χ3n) is 6.23. The fourth-order valence-corrected chi connectivity index (χ4v) is 5.01. The Morgan fingerprint density at radius 2 is 1.97 bits per heavy atom. The summed E-state index contributed by atoms with van der Waals surface area (Å²) in [7, 11) is -2.15. The van der Waals surface area contributed by atoms with E-state index in [4.69, 9.17) is 9.47 Å². The predicted molar refractivity (Wildman–Crippen MR) is 124 cm³/mol. The average molecular weight is 487 g/mol. The van der Waals surface area contributed by atoms with Crippen LogP contribution in [0, 0.1) is 5.92 Å². The van der Waals surface area contributed by atoms with Crippen LogP contribution in [0.5, 0.6) is 11.6 Å². The third kappa shape index (κ3) is 4.52. The molecule has 10 nitrogen and oxygen atoms in total. The SMILES string of the molecule is COc1ncc(-c2cc(O[C@@H]3CCN(C(=O)C4CC4)C3)cc3c2CNC3=O)cc1NS(C)(=O)=O. The van der Waals surface area contributed by atoms with Gasteiger partial charge in [-0.25, -0.2) is 13.4 Å². The molecule has 2 N–H and O–H groups in total. The van der Waals surface area contributed by atoms with Gasteiger partial charge in [0.2, 0.25) is 21.8 Å². The smallest absolute Gasteiger partial charge is 0.252 e. The summed E-state index contributed by atoms with van der Waals surface area (Å²) in [5.41, 5.74) is 2.81. The van der Waals surface area contributed by atoms with Gasteiger partial charge in [0.05, 0.1) is 19.9 Å². The van der Waals surface area contributed by atoms with Gasteiger partial charge in [0.15, 0.2) is 0 Å². The molecule has 0 bridgehead atoms. The maximum atomic E-state index is 12.5. The number of carbonyl (C=O) groups is 2. The zero-order chi connectivity index (χ0) is 24.0. The van der Waals surface area contributed by atoms with Crippen LogP contribution in [0.25, 0.3) is 11.1 Å². The number of sulfonamides is 1. The molecule has 11 heteroatoms. The lowest BCUT2D eigenvalue weighted by Crippen LogP contribution is -2.32. The van der Waals surface area contributed by atoms with Crippen LogP contribution in [0.3, 0.4) is 0 Å². The highest BCUT2D eigenvalue weighted by atomic mass is 32.2. The van der Waals surface area contributed by atoms with Crippen molar-refractivity contribution in [1.82, 2.24) is 15.2 Å². The molecular weight excluding hydrogens is 460 g/mol. The van der Waals surface area contributed by atoms with E-state index in [1.54, 1.807) is 18.3 Å². The van der Waals surface area contributed by atoms with E-state index >= 15 is 0 Å². The number of pyridine rings is 1. The summed E-state index contributed by atoms with van der Waals surface area (Å²) in [5, 5.41) is 2.83. The lowest BCUT2D eigenvalue weighted by molar-refractivity contribution is -0.131. The highest BCUT2D eigenvalue weighted by Gasteiger charge is 2.37. The molecule has 2 amide bonds. The van der Waals surface area contributed by atoms with Crippen molar-refractivity contribution in [3.05, 3.63) is 35.5 Å².